The van der Waals surface area contributed by atoms with Crippen molar-refractivity contribution in [2.75, 3.05) is 5.75 Å². The van der Waals surface area contributed by atoms with Gasteiger partial charge in [-0.3, -0.25) is 9.98 Å². The highest BCUT2D eigenvalue weighted by Crippen LogP contribution is 2.46. The third kappa shape index (κ3) is 8.07. The van der Waals surface area contributed by atoms with E-state index in [-0.39, 0.29) is 11.4 Å². The van der Waals surface area contributed by atoms with Crippen LogP contribution in [0, 0.1) is 11.7 Å². The molecule has 2 aliphatic rings. The van der Waals surface area contributed by atoms with Crippen molar-refractivity contribution >= 4 is 28.9 Å². The molecule has 1 aliphatic heterocycles. The predicted molar refractivity (Wildman–Crippen MR) is 125 cm³/mol. The number of rotatable bonds is 1. The smallest absolute Gasteiger partial charge is 0.475 e. The molecular formula is C23H22F7N3O4S. The van der Waals surface area contributed by atoms with Gasteiger partial charge in [0.1, 0.15) is 5.82 Å². The number of pyridine rings is 1. The molecule has 0 radical (unpaired) electrons. The lowest BCUT2D eigenvalue weighted by atomic mass is 9.78. The van der Waals surface area contributed by atoms with Crippen molar-refractivity contribution in [1.82, 2.24) is 4.98 Å². The lowest BCUT2D eigenvalue weighted by molar-refractivity contribution is -0.193. The zero-order valence-corrected chi connectivity index (χ0v) is 20.4. The summed E-state index contributed by atoms with van der Waals surface area (Å²) in [5.41, 5.74) is 10.1. The van der Waals surface area contributed by atoms with Crippen molar-refractivity contribution in [1.29, 1.82) is 0 Å². The van der Waals surface area contributed by atoms with Gasteiger partial charge in [-0.1, -0.05) is 23.9 Å². The number of aliphatic carboxylic acids is 2. The van der Waals surface area contributed by atoms with Gasteiger partial charge in [0.2, 0.25) is 0 Å². The molecule has 0 saturated carbocycles. The normalized spacial score (nSPS) is 20.6. The molecule has 1 aromatic heterocycles. The molecule has 2 aromatic rings. The van der Waals surface area contributed by atoms with Gasteiger partial charge in [0.15, 0.2) is 5.17 Å². The number of alkyl halides is 6. The van der Waals surface area contributed by atoms with Crippen LogP contribution in [0.3, 0.4) is 0 Å². The van der Waals surface area contributed by atoms with Crippen LogP contribution in [-0.2, 0) is 21.5 Å². The summed E-state index contributed by atoms with van der Waals surface area (Å²) < 4.78 is 77.0. The molecule has 4 N–H and O–H groups in total. The van der Waals surface area contributed by atoms with Crippen molar-refractivity contribution in [3.8, 4) is 11.1 Å². The van der Waals surface area contributed by atoms with E-state index in [1.165, 1.54) is 29.8 Å². The minimum atomic E-state index is -5.08. The van der Waals surface area contributed by atoms with E-state index in [0.29, 0.717) is 11.1 Å². The zero-order valence-electron chi connectivity index (χ0n) is 19.6. The Morgan fingerprint density at radius 1 is 1.03 bits per heavy atom. The Morgan fingerprint density at radius 3 is 2.13 bits per heavy atom. The van der Waals surface area contributed by atoms with Crippen molar-refractivity contribution in [2.45, 2.75) is 44.1 Å². The Balaban J connectivity index is 0.000000301. The lowest BCUT2D eigenvalue weighted by Gasteiger charge is -2.37. The van der Waals surface area contributed by atoms with Gasteiger partial charge in [0.25, 0.3) is 0 Å². The van der Waals surface area contributed by atoms with Crippen LogP contribution in [0.2, 0.25) is 0 Å². The highest BCUT2D eigenvalue weighted by Gasteiger charge is 2.42. The number of benzene rings is 1. The van der Waals surface area contributed by atoms with E-state index in [1.54, 1.807) is 18.0 Å². The van der Waals surface area contributed by atoms with E-state index in [4.69, 9.17) is 30.5 Å². The molecule has 1 aliphatic carbocycles. The molecule has 38 heavy (non-hydrogen) atoms. The Labute approximate surface area is 216 Å². The molecule has 15 heteroatoms. The van der Waals surface area contributed by atoms with E-state index in [2.05, 4.69) is 30.1 Å². The van der Waals surface area contributed by atoms with Gasteiger partial charge in [0, 0.05) is 17.5 Å². The van der Waals surface area contributed by atoms with Crippen molar-refractivity contribution in [2.24, 2.45) is 16.6 Å². The monoisotopic (exact) mass is 569 g/mol. The molecule has 0 bridgehead atoms. The summed E-state index contributed by atoms with van der Waals surface area (Å²) in [6.07, 6.45) is -3.84. The van der Waals surface area contributed by atoms with Crippen LogP contribution in [0.15, 0.2) is 41.7 Å². The first-order valence-electron chi connectivity index (χ1n) is 10.8. The first-order valence-corrected chi connectivity index (χ1v) is 11.8. The summed E-state index contributed by atoms with van der Waals surface area (Å²) in [5.74, 6) is -4.34. The van der Waals surface area contributed by atoms with Crippen LogP contribution in [-0.4, -0.2) is 50.4 Å². The SMILES string of the molecule is C[C@]12N=C(N)SC[C@H]1CCCc1ccc(-c3cncc(F)c3)cc12.O=C(O)C(F)(F)F.O=C(O)C(F)(F)F. The quantitative estimate of drug-likeness (QED) is 0.394. The molecule has 2 heterocycles. The maximum absolute atomic E-state index is 13.5. The van der Waals surface area contributed by atoms with Crippen LogP contribution in [0.5, 0.6) is 0 Å². The second-order valence-electron chi connectivity index (χ2n) is 8.37. The molecule has 7 nitrogen and oxygen atoms in total. The zero-order chi connectivity index (χ0) is 28.9. The molecule has 0 spiro atoms. The number of hydrogen-bond acceptors (Lipinski definition) is 6. The van der Waals surface area contributed by atoms with Crippen LogP contribution in [0.25, 0.3) is 11.1 Å². The number of halogens is 7. The van der Waals surface area contributed by atoms with Crippen LogP contribution < -0.4 is 5.73 Å². The number of nitrogens with two attached hydrogens (primary N) is 1. The summed E-state index contributed by atoms with van der Waals surface area (Å²) in [6.45, 7) is 2.20. The fraction of sp³-hybridized carbons (Fsp3) is 0.391. The Kier molecular flexibility index (Phi) is 9.75. The molecule has 0 amide bonds. The number of fused-ring (bicyclic) bond motifs is 3. The number of hydrogen-bond donors (Lipinski definition) is 3. The fourth-order valence-corrected chi connectivity index (χ4v) is 5.02. The van der Waals surface area contributed by atoms with E-state index in [9.17, 15) is 30.7 Å². The van der Waals surface area contributed by atoms with Gasteiger partial charge in [-0.25, -0.2) is 14.0 Å². The van der Waals surface area contributed by atoms with Gasteiger partial charge >= 0.3 is 24.3 Å². The maximum atomic E-state index is 13.5. The van der Waals surface area contributed by atoms with Crippen molar-refractivity contribution in [3.63, 3.8) is 0 Å². The number of aryl methyl sites for hydroxylation is 1. The number of amidine groups is 1. The number of aromatic nitrogens is 1. The van der Waals surface area contributed by atoms with E-state index in [1.807, 2.05) is 0 Å². The number of carboxylic acids is 2. The molecule has 4 rings (SSSR count). The largest absolute Gasteiger partial charge is 0.490 e. The average Bonchev–Trinajstić information content (AvgIpc) is 2.94. The minimum absolute atomic E-state index is 0.294. The van der Waals surface area contributed by atoms with E-state index >= 15 is 0 Å². The Bertz CT molecular complexity index is 1180. The molecular weight excluding hydrogens is 547 g/mol. The number of carbonyl (C=O) groups is 2. The summed E-state index contributed by atoms with van der Waals surface area (Å²) in [4.78, 5) is 26.6. The van der Waals surface area contributed by atoms with Gasteiger partial charge in [-0.05, 0) is 60.9 Å². The second kappa shape index (κ2) is 12.0. The Hall–Kier alpha value is -3.36. The predicted octanol–water partition coefficient (Wildman–Crippen LogP) is 5.38. The molecule has 0 saturated heterocycles. The average molecular weight is 569 g/mol. The number of aliphatic imine (C=N–C) groups is 1. The Morgan fingerprint density at radius 2 is 1.61 bits per heavy atom. The number of thioether (sulfide) groups is 1. The molecule has 1 aromatic carbocycles. The first-order chi connectivity index (χ1) is 17.4. The molecule has 0 fully saturated rings. The van der Waals surface area contributed by atoms with Crippen molar-refractivity contribution < 1.29 is 50.5 Å². The topological polar surface area (TPSA) is 126 Å². The summed E-state index contributed by atoms with van der Waals surface area (Å²) in [6, 6.07) is 7.91. The van der Waals surface area contributed by atoms with Crippen LogP contribution >= 0.6 is 11.8 Å². The van der Waals surface area contributed by atoms with Gasteiger partial charge in [0.05, 0.1) is 11.7 Å². The number of carboxylic acid groups (broad SMARTS) is 2. The fourth-order valence-electron chi connectivity index (χ4n) is 3.90. The van der Waals surface area contributed by atoms with Crippen molar-refractivity contribution in [3.05, 3.63) is 53.6 Å². The number of nitrogens with zero attached hydrogens (tertiary/aromatic N) is 2. The highest BCUT2D eigenvalue weighted by atomic mass is 32.2. The van der Waals surface area contributed by atoms with Crippen LogP contribution in [0.1, 0.15) is 30.9 Å². The maximum Gasteiger partial charge on any atom is 0.490 e. The third-order valence-electron chi connectivity index (χ3n) is 5.75. The lowest BCUT2D eigenvalue weighted by Crippen LogP contribution is -2.37. The first kappa shape index (κ1) is 30.9. The van der Waals surface area contributed by atoms with Gasteiger partial charge in [-0.15, -0.1) is 0 Å². The molecule has 208 valence electrons. The third-order valence-corrected chi connectivity index (χ3v) is 6.70. The second-order valence-corrected chi connectivity index (χ2v) is 9.41. The standard InChI is InChI=1S/C19H20FN3S.2C2HF3O2/c1-19-15(11-24-18(21)23-19)4-2-3-12-5-6-13(8-17(12)19)14-7-16(20)10-22-9-14;2*3-2(4,5)1(6)7/h5-10,15H,2-4,11H2,1H3,(H2,21,23);2*(H,6,7)/t15-,19+;;/m1../s1. The molecule has 0 unspecified atom stereocenters. The van der Waals surface area contributed by atoms with Gasteiger partial charge in [-0.2, -0.15) is 26.3 Å². The summed E-state index contributed by atoms with van der Waals surface area (Å²) in [7, 11) is 0. The highest BCUT2D eigenvalue weighted by molar-refractivity contribution is 8.13. The van der Waals surface area contributed by atoms with E-state index in [0.717, 1.165) is 29.7 Å². The van der Waals surface area contributed by atoms with Gasteiger partial charge < -0.3 is 15.9 Å². The van der Waals surface area contributed by atoms with E-state index < -0.39 is 24.3 Å². The molecule has 2 atom stereocenters. The van der Waals surface area contributed by atoms with Crippen LogP contribution in [0.4, 0.5) is 30.7 Å². The summed E-state index contributed by atoms with van der Waals surface area (Å²) in [5, 5.41) is 14.9. The minimum Gasteiger partial charge on any atom is -0.475 e. The summed E-state index contributed by atoms with van der Waals surface area (Å²) >= 11 is 1.66.